The smallest absolute Gasteiger partial charge is 0.314 e. The second kappa shape index (κ2) is 8.00. The number of likely N-dealkylation sites (tertiary alicyclic amines) is 1. The highest BCUT2D eigenvalue weighted by molar-refractivity contribution is 5.82. The zero-order valence-electron chi connectivity index (χ0n) is 14.7. The molecule has 0 radical (unpaired) electrons. The summed E-state index contributed by atoms with van der Waals surface area (Å²) in [6.07, 6.45) is 4.54. The zero-order chi connectivity index (χ0) is 17.7. The van der Waals surface area contributed by atoms with Gasteiger partial charge in [-0.15, -0.1) is 0 Å². The minimum Gasteiger partial charge on any atom is -0.481 e. The molecule has 0 aromatic heterocycles. The van der Waals surface area contributed by atoms with E-state index < -0.39 is 11.4 Å². The van der Waals surface area contributed by atoms with Gasteiger partial charge in [0.05, 0.1) is 5.41 Å². The summed E-state index contributed by atoms with van der Waals surface area (Å²) >= 11 is 0. The van der Waals surface area contributed by atoms with Gasteiger partial charge in [0.2, 0.25) is 5.91 Å². The van der Waals surface area contributed by atoms with Gasteiger partial charge in [-0.1, -0.05) is 30.3 Å². The lowest BCUT2D eigenvalue weighted by Gasteiger charge is -2.39. The SMILES string of the molecule is O=C(CCC1CCOCC1)N1CCC(C(=O)O)(c2ccccc2)CC1. The summed E-state index contributed by atoms with van der Waals surface area (Å²) in [4.78, 5) is 26.3. The van der Waals surface area contributed by atoms with Crippen LogP contribution in [0.1, 0.15) is 44.1 Å². The number of hydrogen-bond acceptors (Lipinski definition) is 3. The van der Waals surface area contributed by atoms with Crippen LogP contribution in [0.15, 0.2) is 30.3 Å². The van der Waals surface area contributed by atoms with Crippen LogP contribution in [-0.2, 0) is 19.7 Å². The first-order chi connectivity index (χ1) is 12.1. The standard InChI is InChI=1S/C20H27NO4/c22-18(7-6-16-8-14-25-15-9-16)21-12-10-20(11-13-21,19(23)24)17-4-2-1-3-5-17/h1-5,16H,6-15H2,(H,23,24). The molecule has 25 heavy (non-hydrogen) atoms. The summed E-state index contributed by atoms with van der Waals surface area (Å²) in [6.45, 7) is 2.66. The molecule has 0 atom stereocenters. The third-order valence-electron chi connectivity index (χ3n) is 5.81. The van der Waals surface area contributed by atoms with Crippen LogP contribution in [0.4, 0.5) is 0 Å². The molecule has 2 aliphatic rings. The lowest BCUT2D eigenvalue weighted by Crippen LogP contribution is -2.49. The Kier molecular flexibility index (Phi) is 5.74. The van der Waals surface area contributed by atoms with Crippen LogP contribution >= 0.6 is 0 Å². The summed E-state index contributed by atoms with van der Waals surface area (Å²) in [5.74, 6) is -0.0310. The van der Waals surface area contributed by atoms with Crippen LogP contribution in [0.25, 0.3) is 0 Å². The normalized spacial score (nSPS) is 21.0. The topological polar surface area (TPSA) is 66.8 Å². The van der Waals surface area contributed by atoms with Crippen LogP contribution < -0.4 is 0 Å². The third-order valence-corrected chi connectivity index (χ3v) is 5.81. The Hall–Kier alpha value is -1.88. The van der Waals surface area contributed by atoms with Gasteiger partial charge in [0, 0.05) is 32.7 Å². The molecule has 0 spiro atoms. The number of carboxylic acids is 1. The summed E-state index contributed by atoms with van der Waals surface area (Å²) in [7, 11) is 0. The van der Waals surface area contributed by atoms with Crippen LogP contribution in [0, 0.1) is 5.92 Å². The number of rotatable bonds is 5. The Labute approximate surface area is 149 Å². The first-order valence-corrected chi connectivity index (χ1v) is 9.26. The van der Waals surface area contributed by atoms with Gasteiger partial charge in [0.15, 0.2) is 0 Å². The number of hydrogen-bond donors (Lipinski definition) is 1. The van der Waals surface area contributed by atoms with Gasteiger partial charge >= 0.3 is 5.97 Å². The van der Waals surface area contributed by atoms with E-state index in [9.17, 15) is 14.7 Å². The van der Waals surface area contributed by atoms with Crippen molar-refractivity contribution < 1.29 is 19.4 Å². The van der Waals surface area contributed by atoms with E-state index in [4.69, 9.17) is 4.74 Å². The maximum atomic E-state index is 12.5. The van der Waals surface area contributed by atoms with Gasteiger partial charge in [0.1, 0.15) is 0 Å². The molecule has 136 valence electrons. The molecule has 0 bridgehead atoms. The molecule has 0 aliphatic carbocycles. The van der Waals surface area contributed by atoms with Crippen LogP contribution in [0.5, 0.6) is 0 Å². The van der Waals surface area contributed by atoms with Crippen molar-refractivity contribution in [3.63, 3.8) is 0 Å². The molecule has 5 nitrogen and oxygen atoms in total. The Bertz CT molecular complexity index is 587. The second-order valence-electron chi connectivity index (χ2n) is 7.23. The lowest BCUT2D eigenvalue weighted by atomic mass is 9.73. The highest BCUT2D eigenvalue weighted by atomic mass is 16.5. The van der Waals surface area contributed by atoms with Crippen LogP contribution in [0.3, 0.4) is 0 Å². The summed E-state index contributed by atoms with van der Waals surface area (Å²) < 4.78 is 5.36. The Balaban J connectivity index is 1.56. The molecular weight excluding hydrogens is 318 g/mol. The molecule has 0 saturated carbocycles. The number of benzene rings is 1. The van der Waals surface area contributed by atoms with Crippen molar-refractivity contribution in [2.45, 2.75) is 43.9 Å². The number of carbonyl (C=O) groups is 2. The Morgan fingerprint density at radius 2 is 1.76 bits per heavy atom. The van der Waals surface area contributed by atoms with Crippen molar-refractivity contribution >= 4 is 11.9 Å². The molecule has 2 aliphatic heterocycles. The molecule has 2 fully saturated rings. The number of carbonyl (C=O) groups excluding carboxylic acids is 1. The largest absolute Gasteiger partial charge is 0.481 e. The number of amides is 1. The van der Waals surface area contributed by atoms with Crippen molar-refractivity contribution in [3.8, 4) is 0 Å². The minimum absolute atomic E-state index is 0.165. The molecule has 3 rings (SSSR count). The van der Waals surface area contributed by atoms with Gasteiger partial charge in [0.25, 0.3) is 0 Å². The fraction of sp³-hybridized carbons (Fsp3) is 0.600. The van der Waals surface area contributed by atoms with E-state index in [2.05, 4.69) is 0 Å². The zero-order valence-corrected chi connectivity index (χ0v) is 14.7. The fourth-order valence-corrected chi connectivity index (χ4v) is 4.04. The molecule has 1 N–H and O–H groups in total. The van der Waals surface area contributed by atoms with Gasteiger partial charge in [-0.25, -0.2) is 0 Å². The van der Waals surface area contributed by atoms with E-state index in [1.54, 1.807) is 0 Å². The van der Waals surface area contributed by atoms with Gasteiger partial charge in [-0.05, 0) is 43.6 Å². The van der Waals surface area contributed by atoms with Gasteiger partial charge < -0.3 is 14.7 Å². The van der Waals surface area contributed by atoms with Crippen molar-refractivity contribution in [3.05, 3.63) is 35.9 Å². The van der Waals surface area contributed by atoms with Crippen molar-refractivity contribution in [1.82, 2.24) is 4.90 Å². The van der Waals surface area contributed by atoms with E-state index in [0.29, 0.717) is 38.3 Å². The first-order valence-electron chi connectivity index (χ1n) is 9.26. The number of aliphatic carboxylic acids is 1. The number of ether oxygens (including phenoxy) is 1. The highest BCUT2D eigenvalue weighted by Gasteiger charge is 2.43. The number of carboxylic acid groups (broad SMARTS) is 1. The van der Waals surface area contributed by atoms with E-state index in [0.717, 1.165) is 38.0 Å². The molecule has 2 heterocycles. The lowest BCUT2D eigenvalue weighted by molar-refractivity contribution is -0.148. The predicted octanol–water partition coefficient (Wildman–Crippen LogP) is 2.84. The summed E-state index contributed by atoms with van der Waals surface area (Å²) in [5, 5.41) is 9.83. The molecule has 0 unspecified atom stereocenters. The maximum Gasteiger partial charge on any atom is 0.314 e. The van der Waals surface area contributed by atoms with Gasteiger partial charge in [-0.2, -0.15) is 0 Å². The fourth-order valence-electron chi connectivity index (χ4n) is 4.04. The predicted molar refractivity (Wildman–Crippen MR) is 94.3 cm³/mol. The third kappa shape index (κ3) is 4.03. The quantitative estimate of drug-likeness (QED) is 0.891. The van der Waals surface area contributed by atoms with Crippen molar-refractivity contribution in [1.29, 1.82) is 0 Å². The Morgan fingerprint density at radius 1 is 1.12 bits per heavy atom. The molecule has 2 saturated heterocycles. The molecule has 1 amide bonds. The molecular formula is C20H27NO4. The monoisotopic (exact) mass is 345 g/mol. The van der Waals surface area contributed by atoms with Crippen LogP contribution in [0.2, 0.25) is 0 Å². The highest BCUT2D eigenvalue weighted by Crippen LogP contribution is 2.36. The van der Waals surface area contributed by atoms with Crippen molar-refractivity contribution in [2.75, 3.05) is 26.3 Å². The maximum absolute atomic E-state index is 12.5. The minimum atomic E-state index is -0.862. The van der Waals surface area contributed by atoms with E-state index >= 15 is 0 Å². The average Bonchev–Trinajstić information content (AvgIpc) is 2.67. The van der Waals surface area contributed by atoms with E-state index in [-0.39, 0.29) is 5.91 Å². The molecule has 1 aromatic carbocycles. The van der Waals surface area contributed by atoms with Crippen molar-refractivity contribution in [2.24, 2.45) is 5.92 Å². The summed E-state index contributed by atoms with van der Waals surface area (Å²) in [5.41, 5.74) is -0.0181. The van der Waals surface area contributed by atoms with Gasteiger partial charge in [-0.3, -0.25) is 9.59 Å². The molecule has 5 heteroatoms. The first kappa shape index (κ1) is 17.9. The number of nitrogens with zero attached hydrogens (tertiary/aromatic N) is 1. The second-order valence-corrected chi connectivity index (χ2v) is 7.23. The summed E-state index contributed by atoms with van der Waals surface area (Å²) in [6, 6.07) is 9.43. The molecule has 1 aromatic rings. The van der Waals surface area contributed by atoms with Crippen LogP contribution in [-0.4, -0.2) is 48.2 Å². The number of piperidine rings is 1. The Morgan fingerprint density at radius 3 is 2.36 bits per heavy atom. The van der Waals surface area contributed by atoms with E-state index in [1.807, 2.05) is 35.2 Å². The average molecular weight is 345 g/mol. The van der Waals surface area contributed by atoms with E-state index in [1.165, 1.54) is 0 Å².